The Kier molecular flexibility index (Phi) is 6.04. The van der Waals surface area contributed by atoms with Gasteiger partial charge >= 0.3 is 0 Å². The molecule has 0 fully saturated rings. The first-order valence-corrected chi connectivity index (χ1v) is 9.74. The monoisotopic (exact) mass is 367 g/mol. The maximum absolute atomic E-state index is 13.3. The number of carbonyl (C=O) groups is 1. The van der Waals surface area contributed by atoms with Gasteiger partial charge in [0.1, 0.15) is 0 Å². The second kappa shape index (κ2) is 8.47. The van der Waals surface area contributed by atoms with E-state index in [4.69, 9.17) is 9.47 Å². The van der Waals surface area contributed by atoms with Gasteiger partial charge < -0.3 is 14.4 Å². The van der Waals surface area contributed by atoms with Crippen molar-refractivity contribution in [1.29, 1.82) is 0 Å². The maximum atomic E-state index is 13.3. The Morgan fingerprint density at radius 1 is 1.07 bits per heavy atom. The Labute approximate surface area is 162 Å². The van der Waals surface area contributed by atoms with E-state index in [-0.39, 0.29) is 17.9 Å². The third kappa shape index (κ3) is 3.66. The average Bonchev–Trinajstić information content (AvgIpc) is 2.73. The summed E-state index contributed by atoms with van der Waals surface area (Å²) in [7, 11) is 3.31. The fourth-order valence-corrected chi connectivity index (χ4v) is 4.05. The molecule has 3 rings (SSSR count). The molecule has 144 valence electrons. The Bertz CT molecular complexity index is 784. The Morgan fingerprint density at radius 3 is 2.30 bits per heavy atom. The number of fused-ring (bicyclic) bond motifs is 1. The van der Waals surface area contributed by atoms with Crippen LogP contribution in [0.2, 0.25) is 0 Å². The van der Waals surface area contributed by atoms with Crippen LogP contribution in [0.25, 0.3) is 0 Å². The molecule has 0 N–H and O–H groups in total. The van der Waals surface area contributed by atoms with Gasteiger partial charge in [-0.1, -0.05) is 44.2 Å². The van der Waals surface area contributed by atoms with Gasteiger partial charge in [-0.2, -0.15) is 0 Å². The number of hydrogen-bond donors (Lipinski definition) is 0. The van der Waals surface area contributed by atoms with Crippen LogP contribution < -0.4 is 9.47 Å². The van der Waals surface area contributed by atoms with E-state index in [2.05, 4.69) is 36.9 Å². The summed E-state index contributed by atoms with van der Waals surface area (Å²) in [6.45, 7) is 4.90. The highest BCUT2D eigenvalue weighted by molar-refractivity contribution is 5.80. The second-order valence-electron chi connectivity index (χ2n) is 7.01. The Balaban J connectivity index is 2.12. The van der Waals surface area contributed by atoms with Gasteiger partial charge in [0.25, 0.3) is 0 Å². The van der Waals surface area contributed by atoms with Gasteiger partial charge in [0, 0.05) is 12.5 Å². The predicted molar refractivity (Wildman–Crippen MR) is 107 cm³/mol. The molecular weight excluding hydrogens is 338 g/mol. The molecule has 1 aliphatic heterocycles. The lowest BCUT2D eigenvalue weighted by atomic mass is 9.86. The first-order valence-electron chi connectivity index (χ1n) is 9.74. The van der Waals surface area contributed by atoms with Crippen molar-refractivity contribution in [1.82, 2.24) is 4.90 Å². The fraction of sp³-hybridized carbons (Fsp3) is 0.435. The lowest BCUT2D eigenvalue weighted by Crippen LogP contribution is -2.43. The van der Waals surface area contributed by atoms with Gasteiger partial charge in [0.2, 0.25) is 5.91 Å². The lowest BCUT2D eigenvalue weighted by Gasteiger charge is -2.39. The number of rotatable bonds is 6. The number of ether oxygens (including phenoxy) is 2. The standard InChI is InChI=1S/C23H29NO3/c1-5-16(6-2)23(25)24-13-12-18-14-20(26-3)21(27-4)15-19(18)22(24)17-10-8-7-9-11-17/h7-11,14-16,22H,5-6,12-13H2,1-4H3/t22-/m0/s1. The van der Waals surface area contributed by atoms with Crippen molar-refractivity contribution >= 4 is 5.91 Å². The highest BCUT2D eigenvalue weighted by Crippen LogP contribution is 2.41. The zero-order chi connectivity index (χ0) is 19.4. The molecule has 4 nitrogen and oxygen atoms in total. The van der Waals surface area contributed by atoms with Crippen LogP contribution in [-0.4, -0.2) is 31.6 Å². The number of benzene rings is 2. The first kappa shape index (κ1) is 19.3. The van der Waals surface area contributed by atoms with E-state index in [1.807, 2.05) is 24.3 Å². The molecule has 0 bridgehead atoms. The molecule has 2 aromatic rings. The van der Waals surface area contributed by atoms with Crippen molar-refractivity contribution < 1.29 is 14.3 Å². The predicted octanol–water partition coefficient (Wildman–Crippen LogP) is 4.61. The molecule has 4 heteroatoms. The molecule has 2 aromatic carbocycles. The molecule has 0 aromatic heterocycles. The van der Waals surface area contributed by atoms with E-state index in [1.165, 1.54) is 5.56 Å². The number of nitrogens with zero attached hydrogens (tertiary/aromatic N) is 1. The molecule has 1 heterocycles. The van der Waals surface area contributed by atoms with E-state index < -0.39 is 0 Å². The van der Waals surface area contributed by atoms with Gasteiger partial charge in [-0.15, -0.1) is 0 Å². The minimum Gasteiger partial charge on any atom is -0.493 e. The number of methoxy groups -OCH3 is 2. The molecule has 1 amide bonds. The molecule has 0 saturated carbocycles. The second-order valence-corrected chi connectivity index (χ2v) is 7.01. The quantitative estimate of drug-likeness (QED) is 0.748. The summed E-state index contributed by atoms with van der Waals surface area (Å²) in [5.74, 6) is 1.75. The van der Waals surface area contributed by atoms with E-state index >= 15 is 0 Å². The van der Waals surface area contributed by atoms with Crippen molar-refractivity contribution in [3.8, 4) is 11.5 Å². The highest BCUT2D eigenvalue weighted by Gasteiger charge is 2.35. The molecule has 0 saturated heterocycles. The summed E-state index contributed by atoms with van der Waals surface area (Å²) in [5, 5.41) is 0. The van der Waals surface area contributed by atoms with E-state index in [1.54, 1.807) is 14.2 Å². The van der Waals surface area contributed by atoms with E-state index in [0.29, 0.717) is 5.75 Å². The molecular formula is C23H29NO3. The van der Waals surface area contributed by atoms with E-state index in [9.17, 15) is 4.79 Å². The van der Waals surface area contributed by atoms with Gasteiger partial charge in [-0.25, -0.2) is 0 Å². The third-order valence-corrected chi connectivity index (χ3v) is 5.61. The highest BCUT2D eigenvalue weighted by atomic mass is 16.5. The van der Waals surface area contributed by atoms with Crippen molar-refractivity contribution in [3.05, 3.63) is 59.2 Å². The molecule has 0 unspecified atom stereocenters. The van der Waals surface area contributed by atoms with Crippen molar-refractivity contribution in [2.75, 3.05) is 20.8 Å². The summed E-state index contributed by atoms with van der Waals surface area (Å²) in [6, 6.07) is 14.3. The lowest BCUT2D eigenvalue weighted by molar-refractivity contribution is -0.137. The van der Waals surface area contributed by atoms with Gasteiger partial charge in [-0.05, 0) is 48.1 Å². The van der Waals surface area contributed by atoms with Gasteiger partial charge in [-0.3, -0.25) is 4.79 Å². The van der Waals surface area contributed by atoms with Gasteiger partial charge in [0.05, 0.1) is 20.3 Å². The zero-order valence-corrected chi connectivity index (χ0v) is 16.7. The first-order chi connectivity index (χ1) is 13.1. The van der Waals surface area contributed by atoms with Crippen LogP contribution in [0, 0.1) is 5.92 Å². The average molecular weight is 367 g/mol. The number of hydrogen-bond acceptors (Lipinski definition) is 3. The topological polar surface area (TPSA) is 38.8 Å². The van der Waals surface area contributed by atoms with Crippen LogP contribution >= 0.6 is 0 Å². The number of amides is 1. The van der Waals surface area contributed by atoms with Crippen LogP contribution in [-0.2, 0) is 11.2 Å². The fourth-order valence-electron chi connectivity index (χ4n) is 4.05. The third-order valence-electron chi connectivity index (χ3n) is 5.61. The Morgan fingerprint density at radius 2 is 1.70 bits per heavy atom. The molecule has 0 spiro atoms. The zero-order valence-electron chi connectivity index (χ0n) is 16.7. The largest absolute Gasteiger partial charge is 0.493 e. The van der Waals surface area contributed by atoms with E-state index in [0.717, 1.165) is 42.7 Å². The summed E-state index contributed by atoms with van der Waals surface area (Å²) < 4.78 is 11.0. The Hall–Kier alpha value is -2.49. The molecule has 1 aliphatic rings. The number of carbonyl (C=O) groups excluding carboxylic acids is 1. The smallest absolute Gasteiger partial charge is 0.226 e. The summed E-state index contributed by atoms with van der Waals surface area (Å²) in [6.07, 6.45) is 2.56. The summed E-state index contributed by atoms with van der Waals surface area (Å²) in [5.41, 5.74) is 3.48. The SMILES string of the molecule is CCC(CC)C(=O)N1CCc2cc(OC)c(OC)cc2[C@@H]1c1ccccc1. The van der Waals surface area contributed by atoms with Crippen molar-refractivity contribution in [2.45, 2.75) is 39.2 Å². The van der Waals surface area contributed by atoms with Crippen LogP contribution in [0.3, 0.4) is 0 Å². The van der Waals surface area contributed by atoms with Crippen LogP contribution in [0.1, 0.15) is 49.4 Å². The normalized spacial score (nSPS) is 16.2. The molecule has 0 radical (unpaired) electrons. The van der Waals surface area contributed by atoms with Crippen molar-refractivity contribution in [3.63, 3.8) is 0 Å². The molecule has 1 atom stereocenters. The molecule has 27 heavy (non-hydrogen) atoms. The molecule has 0 aliphatic carbocycles. The van der Waals surface area contributed by atoms with Gasteiger partial charge in [0.15, 0.2) is 11.5 Å². The van der Waals surface area contributed by atoms with Crippen LogP contribution in [0.5, 0.6) is 11.5 Å². The minimum atomic E-state index is -0.0946. The van der Waals surface area contributed by atoms with Crippen LogP contribution in [0.15, 0.2) is 42.5 Å². The summed E-state index contributed by atoms with van der Waals surface area (Å²) >= 11 is 0. The van der Waals surface area contributed by atoms with Crippen LogP contribution in [0.4, 0.5) is 0 Å². The maximum Gasteiger partial charge on any atom is 0.226 e. The van der Waals surface area contributed by atoms with Crippen molar-refractivity contribution in [2.24, 2.45) is 5.92 Å². The summed E-state index contributed by atoms with van der Waals surface area (Å²) in [4.78, 5) is 15.4. The minimum absolute atomic E-state index is 0.0675.